The van der Waals surface area contributed by atoms with E-state index >= 15 is 0 Å². The molecule has 0 saturated carbocycles. The average Bonchev–Trinajstić information content (AvgIpc) is 2.89. The van der Waals surface area contributed by atoms with Crippen LogP contribution in [0.5, 0.6) is 11.5 Å². The molecular weight excluding hydrogens is 397 g/mol. The number of hydrogen-bond acceptors (Lipinski definition) is 4. The van der Waals surface area contributed by atoms with E-state index in [4.69, 9.17) is 4.74 Å². The highest BCUT2D eigenvalue weighted by atomic mass is 19.4. The Hall–Kier alpha value is -3.55. The smallest absolute Gasteiger partial charge is 0.416 e. The van der Waals surface area contributed by atoms with Gasteiger partial charge < -0.3 is 15.2 Å². The van der Waals surface area contributed by atoms with E-state index in [9.17, 15) is 23.1 Å². The maximum atomic E-state index is 13.0. The molecule has 0 atom stereocenters. The van der Waals surface area contributed by atoms with E-state index in [-0.39, 0.29) is 18.1 Å². The van der Waals surface area contributed by atoms with Crippen molar-refractivity contribution in [2.45, 2.75) is 19.0 Å². The summed E-state index contributed by atoms with van der Waals surface area (Å²) in [4.78, 5) is 16.8. The third-order valence-corrected chi connectivity index (χ3v) is 4.78. The number of allylic oxidation sites excluding steroid dienone is 1. The Kier molecular flexibility index (Phi) is 5.07. The second-order valence-electron chi connectivity index (χ2n) is 6.89. The lowest BCUT2D eigenvalue weighted by Gasteiger charge is -2.13. The molecule has 4 rings (SSSR count). The first-order valence-corrected chi connectivity index (χ1v) is 9.25. The summed E-state index contributed by atoms with van der Waals surface area (Å²) in [5.41, 5.74) is 1.33. The third-order valence-electron chi connectivity index (χ3n) is 4.78. The first-order chi connectivity index (χ1) is 14.3. The molecule has 154 valence electrons. The number of rotatable bonds is 2. The molecule has 0 radical (unpaired) electrons. The van der Waals surface area contributed by atoms with Gasteiger partial charge in [-0.1, -0.05) is 12.1 Å². The van der Waals surface area contributed by atoms with Gasteiger partial charge in [0.25, 0.3) is 0 Å². The van der Waals surface area contributed by atoms with Crippen molar-refractivity contribution in [1.82, 2.24) is 4.98 Å². The van der Waals surface area contributed by atoms with Crippen molar-refractivity contribution in [3.63, 3.8) is 0 Å². The van der Waals surface area contributed by atoms with Crippen molar-refractivity contribution in [1.29, 1.82) is 0 Å². The first kappa shape index (κ1) is 19.8. The molecule has 1 aliphatic heterocycles. The second kappa shape index (κ2) is 7.70. The number of carbonyl (C=O) groups excluding carboxylic acids is 1. The van der Waals surface area contributed by atoms with E-state index in [0.29, 0.717) is 40.6 Å². The lowest BCUT2D eigenvalue weighted by Crippen LogP contribution is -2.09. The van der Waals surface area contributed by atoms with E-state index in [1.54, 1.807) is 18.2 Å². The number of pyridine rings is 1. The Bertz CT molecular complexity index is 1160. The van der Waals surface area contributed by atoms with Crippen LogP contribution in [0.15, 0.2) is 54.7 Å². The fourth-order valence-corrected chi connectivity index (χ4v) is 3.39. The van der Waals surface area contributed by atoms with Gasteiger partial charge in [0.05, 0.1) is 29.6 Å². The van der Waals surface area contributed by atoms with Crippen LogP contribution < -0.4 is 10.1 Å². The molecule has 5 nitrogen and oxygen atoms in total. The van der Waals surface area contributed by atoms with Crippen LogP contribution in [-0.4, -0.2) is 22.6 Å². The number of carbonyl (C=O) groups is 1. The number of anilines is 1. The van der Waals surface area contributed by atoms with Crippen molar-refractivity contribution >= 4 is 28.1 Å². The number of aromatic hydroxyl groups is 1. The van der Waals surface area contributed by atoms with Crippen LogP contribution in [0.25, 0.3) is 16.5 Å². The fourth-order valence-electron chi connectivity index (χ4n) is 3.39. The van der Waals surface area contributed by atoms with E-state index in [1.807, 2.05) is 0 Å². The molecule has 1 aromatic heterocycles. The molecule has 0 fully saturated rings. The zero-order valence-electron chi connectivity index (χ0n) is 15.7. The third kappa shape index (κ3) is 4.07. The number of alkyl halides is 3. The van der Waals surface area contributed by atoms with Gasteiger partial charge in [-0.25, -0.2) is 0 Å². The quantitative estimate of drug-likeness (QED) is 0.569. The highest BCUT2D eigenvalue weighted by Crippen LogP contribution is 2.38. The standard InChI is InChI=1S/C22H17F3N2O3/c23-22(24,25)14-6-7-16-13(3-2-8-30-20(16)10-14)9-21(29)27-19-5-1-4-18-17(19)11-15(28)12-26-18/h1,4-7,9-12,28H,2-3,8H2,(H,27,29). The summed E-state index contributed by atoms with van der Waals surface area (Å²) >= 11 is 0. The van der Waals surface area contributed by atoms with Gasteiger partial charge >= 0.3 is 6.18 Å². The first-order valence-electron chi connectivity index (χ1n) is 9.25. The maximum absolute atomic E-state index is 13.0. The average molecular weight is 414 g/mol. The lowest BCUT2D eigenvalue weighted by atomic mass is 9.99. The number of amides is 1. The summed E-state index contributed by atoms with van der Waals surface area (Å²) in [5, 5.41) is 13.0. The van der Waals surface area contributed by atoms with E-state index in [2.05, 4.69) is 10.3 Å². The van der Waals surface area contributed by atoms with Gasteiger partial charge in [0.15, 0.2) is 0 Å². The zero-order chi connectivity index (χ0) is 21.3. The second-order valence-corrected chi connectivity index (χ2v) is 6.89. The van der Waals surface area contributed by atoms with Crippen molar-refractivity contribution in [2.24, 2.45) is 0 Å². The summed E-state index contributed by atoms with van der Waals surface area (Å²) in [6, 6.07) is 9.94. The normalized spacial score (nSPS) is 15.4. The SMILES string of the molecule is O=C(C=C1CCCOc2cc(C(F)(F)F)ccc21)Nc1cccc2ncc(O)cc12. The van der Waals surface area contributed by atoms with Crippen LogP contribution >= 0.6 is 0 Å². The molecule has 8 heteroatoms. The van der Waals surface area contributed by atoms with Crippen LogP contribution in [0.4, 0.5) is 18.9 Å². The summed E-state index contributed by atoms with van der Waals surface area (Å²) < 4.78 is 44.5. The number of aromatic nitrogens is 1. The molecule has 3 aromatic rings. The molecule has 2 N–H and O–H groups in total. The maximum Gasteiger partial charge on any atom is 0.416 e. The summed E-state index contributed by atoms with van der Waals surface area (Å²) in [6.07, 6.45) is -0.728. The molecule has 30 heavy (non-hydrogen) atoms. The highest BCUT2D eigenvalue weighted by molar-refractivity contribution is 6.08. The predicted molar refractivity (Wildman–Crippen MR) is 106 cm³/mol. The van der Waals surface area contributed by atoms with Crippen molar-refractivity contribution in [2.75, 3.05) is 11.9 Å². The van der Waals surface area contributed by atoms with E-state index in [0.717, 1.165) is 12.1 Å². The molecule has 2 aromatic carbocycles. The minimum atomic E-state index is -4.47. The van der Waals surface area contributed by atoms with Crippen molar-refractivity contribution in [3.05, 3.63) is 65.9 Å². The Morgan fingerprint density at radius 3 is 2.83 bits per heavy atom. The van der Waals surface area contributed by atoms with Crippen molar-refractivity contribution in [3.8, 4) is 11.5 Å². The molecule has 0 saturated heterocycles. The Morgan fingerprint density at radius 1 is 1.20 bits per heavy atom. The number of benzene rings is 2. The zero-order valence-corrected chi connectivity index (χ0v) is 15.7. The molecule has 2 heterocycles. The number of halogens is 3. The van der Waals surface area contributed by atoms with Crippen LogP contribution in [0.1, 0.15) is 24.0 Å². The molecule has 0 bridgehead atoms. The van der Waals surface area contributed by atoms with Crippen LogP contribution in [0.3, 0.4) is 0 Å². The van der Waals surface area contributed by atoms with Gasteiger partial charge in [0, 0.05) is 17.0 Å². The van der Waals surface area contributed by atoms with Crippen LogP contribution in [0.2, 0.25) is 0 Å². The molecule has 0 unspecified atom stereocenters. The predicted octanol–water partition coefficient (Wildman–Crippen LogP) is 5.15. The largest absolute Gasteiger partial charge is 0.506 e. The Balaban J connectivity index is 1.66. The minimum absolute atomic E-state index is 0.0298. The van der Waals surface area contributed by atoms with E-state index in [1.165, 1.54) is 24.4 Å². The molecule has 1 aliphatic rings. The molecule has 0 spiro atoms. The number of hydrogen-bond donors (Lipinski definition) is 2. The van der Waals surface area contributed by atoms with Gasteiger partial charge in [0.2, 0.25) is 5.91 Å². The Labute approximate surface area is 169 Å². The van der Waals surface area contributed by atoms with Crippen molar-refractivity contribution < 1.29 is 27.8 Å². The highest BCUT2D eigenvalue weighted by Gasteiger charge is 2.32. The number of ether oxygens (including phenoxy) is 1. The Morgan fingerprint density at radius 2 is 2.03 bits per heavy atom. The molecule has 0 aliphatic carbocycles. The topological polar surface area (TPSA) is 71.5 Å². The molecular formula is C22H17F3N2O3. The summed E-state index contributed by atoms with van der Waals surface area (Å²) in [6.45, 7) is 0.265. The number of fused-ring (bicyclic) bond motifs is 2. The molecule has 1 amide bonds. The number of nitrogens with one attached hydrogen (secondary N) is 1. The number of nitrogens with zero attached hydrogens (tertiary/aromatic N) is 1. The minimum Gasteiger partial charge on any atom is -0.506 e. The van der Waals surface area contributed by atoms with Crippen LogP contribution in [-0.2, 0) is 11.0 Å². The van der Waals surface area contributed by atoms with Gasteiger partial charge in [-0.15, -0.1) is 0 Å². The van der Waals surface area contributed by atoms with E-state index < -0.39 is 17.6 Å². The van der Waals surface area contributed by atoms with Gasteiger partial charge in [0.1, 0.15) is 11.5 Å². The monoisotopic (exact) mass is 414 g/mol. The van der Waals surface area contributed by atoms with Crippen LogP contribution in [0, 0.1) is 0 Å². The van der Waals surface area contributed by atoms with Gasteiger partial charge in [-0.3, -0.25) is 9.78 Å². The summed E-state index contributed by atoms with van der Waals surface area (Å²) in [7, 11) is 0. The summed E-state index contributed by atoms with van der Waals surface area (Å²) in [5.74, 6) is -0.355. The van der Waals surface area contributed by atoms with Gasteiger partial charge in [-0.2, -0.15) is 13.2 Å². The lowest BCUT2D eigenvalue weighted by molar-refractivity contribution is -0.137. The fraction of sp³-hybridized carbons (Fsp3) is 0.182. The van der Waals surface area contributed by atoms with Gasteiger partial charge in [-0.05, 0) is 48.7 Å².